The molecule has 0 aliphatic rings. The van der Waals surface area contributed by atoms with Gasteiger partial charge in [-0.1, -0.05) is 28.1 Å². The maximum atomic E-state index is 10.8. The van der Waals surface area contributed by atoms with Crippen molar-refractivity contribution >= 4 is 21.9 Å². The van der Waals surface area contributed by atoms with Crippen LogP contribution in [0.2, 0.25) is 0 Å². The summed E-state index contributed by atoms with van der Waals surface area (Å²) in [4.78, 5) is 12.7. The summed E-state index contributed by atoms with van der Waals surface area (Å²) >= 11 is 3.50. The minimum absolute atomic E-state index is 0.0175. The fourth-order valence-corrected chi connectivity index (χ4v) is 2.27. The second kappa shape index (κ2) is 7.51. The van der Waals surface area contributed by atoms with Crippen molar-refractivity contribution in [2.45, 2.75) is 13.5 Å². The molecule has 1 rings (SSSR count). The van der Waals surface area contributed by atoms with E-state index >= 15 is 0 Å². The van der Waals surface area contributed by atoms with Crippen molar-refractivity contribution in [1.82, 2.24) is 4.90 Å². The number of hydrogen-bond acceptors (Lipinski definition) is 3. The number of rotatable bonds is 7. The number of aliphatic carboxylic acids is 1. The summed E-state index contributed by atoms with van der Waals surface area (Å²) in [6.07, 6.45) is 0. The number of benzene rings is 1. The zero-order valence-electron chi connectivity index (χ0n) is 10.6. The summed E-state index contributed by atoms with van der Waals surface area (Å²) in [6.45, 7) is 3.76. The second-order valence-corrected chi connectivity index (χ2v) is 5.05. The average Bonchev–Trinajstić information content (AvgIpc) is 2.29. The number of carboxylic acid groups (broad SMARTS) is 1. The zero-order chi connectivity index (χ0) is 13.5. The quantitative estimate of drug-likeness (QED) is 0.838. The molecule has 5 heteroatoms. The number of carbonyl (C=O) groups is 1. The number of methoxy groups -OCH3 is 1. The van der Waals surface area contributed by atoms with Crippen molar-refractivity contribution < 1.29 is 14.6 Å². The predicted octanol–water partition coefficient (Wildman–Crippen LogP) is 2.29. The van der Waals surface area contributed by atoms with Gasteiger partial charge in [0.1, 0.15) is 0 Å². The van der Waals surface area contributed by atoms with Gasteiger partial charge in [-0.25, -0.2) is 0 Å². The van der Waals surface area contributed by atoms with Gasteiger partial charge in [-0.2, -0.15) is 0 Å². The maximum Gasteiger partial charge on any atom is 0.317 e. The van der Waals surface area contributed by atoms with Gasteiger partial charge in [-0.05, 0) is 24.1 Å². The fourth-order valence-electron chi connectivity index (χ4n) is 1.65. The largest absolute Gasteiger partial charge is 0.480 e. The van der Waals surface area contributed by atoms with Gasteiger partial charge in [0.25, 0.3) is 0 Å². The Balaban J connectivity index is 2.71. The summed E-state index contributed by atoms with van der Waals surface area (Å²) < 4.78 is 6.00. The van der Waals surface area contributed by atoms with Gasteiger partial charge in [-0.3, -0.25) is 9.69 Å². The highest BCUT2D eigenvalue weighted by Gasteiger charge is 2.11. The molecular weight excluding hydrogens is 298 g/mol. The first kappa shape index (κ1) is 15.1. The first-order chi connectivity index (χ1) is 8.52. The van der Waals surface area contributed by atoms with Gasteiger partial charge >= 0.3 is 5.97 Å². The van der Waals surface area contributed by atoms with Crippen LogP contribution in [-0.2, 0) is 16.1 Å². The zero-order valence-corrected chi connectivity index (χ0v) is 12.2. The van der Waals surface area contributed by atoms with E-state index in [0.717, 1.165) is 10.0 Å². The first-order valence-electron chi connectivity index (χ1n) is 5.71. The van der Waals surface area contributed by atoms with Crippen LogP contribution in [-0.4, -0.2) is 42.8 Å². The van der Waals surface area contributed by atoms with Gasteiger partial charge in [-0.15, -0.1) is 0 Å². The fraction of sp³-hybridized carbons (Fsp3) is 0.462. The van der Waals surface area contributed by atoms with Gasteiger partial charge < -0.3 is 9.84 Å². The van der Waals surface area contributed by atoms with Gasteiger partial charge in [0.2, 0.25) is 0 Å². The number of ether oxygens (including phenoxy) is 1. The van der Waals surface area contributed by atoms with Crippen molar-refractivity contribution in [3.05, 3.63) is 33.8 Å². The maximum absolute atomic E-state index is 10.8. The third-order valence-corrected chi connectivity index (χ3v) is 3.31. The molecule has 0 aliphatic carbocycles. The van der Waals surface area contributed by atoms with Gasteiger partial charge in [0.05, 0.1) is 13.2 Å². The summed E-state index contributed by atoms with van der Waals surface area (Å²) in [5, 5.41) is 8.88. The first-order valence-corrected chi connectivity index (χ1v) is 6.50. The van der Waals surface area contributed by atoms with Crippen molar-refractivity contribution in [3.8, 4) is 0 Å². The molecule has 0 atom stereocenters. The summed E-state index contributed by atoms with van der Waals surface area (Å²) in [5.74, 6) is -0.825. The van der Waals surface area contributed by atoms with Crippen molar-refractivity contribution in [1.29, 1.82) is 0 Å². The van der Waals surface area contributed by atoms with E-state index in [0.29, 0.717) is 19.7 Å². The lowest BCUT2D eigenvalue weighted by atomic mass is 10.1. The van der Waals surface area contributed by atoms with E-state index in [1.165, 1.54) is 5.56 Å². The van der Waals surface area contributed by atoms with E-state index in [2.05, 4.69) is 15.9 Å². The van der Waals surface area contributed by atoms with Crippen LogP contribution in [0, 0.1) is 6.92 Å². The number of nitrogens with zero attached hydrogens (tertiary/aromatic N) is 1. The van der Waals surface area contributed by atoms with Crippen LogP contribution in [0.15, 0.2) is 22.7 Å². The van der Waals surface area contributed by atoms with Crippen LogP contribution >= 0.6 is 15.9 Å². The molecule has 0 radical (unpaired) electrons. The molecule has 0 fully saturated rings. The molecule has 0 unspecified atom stereocenters. The standard InChI is InChI=1S/C13H18BrNO3/c1-10-3-4-11(12(14)7-10)8-15(5-6-18-2)9-13(16)17/h3-4,7H,5-6,8-9H2,1-2H3,(H,16,17). The molecule has 1 N–H and O–H groups in total. The molecule has 0 saturated heterocycles. The molecule has 0 aliphatic heterocycles. The number of aryl methyl sites for hydroxylation is 1. The SMILES string of the molecule is COCCN(CC(=O)O)Cc1ccc(C)cc1Br. The van der Waals surface area contributed by atoms with Gasteiger partial charge in [0.15, 0.2) is 0 Å². The molecule has 1 aromatic rings. The molecule has 0 bridgehead atoms. The van der Waals surface area contributed by atoms with E-state index in [4.69, 9.17) is 9.84 Å². The van der Waals surface area contributed by atoms with Crippen molar-refractivity contribution in [2.24, 2.45) is 0 Å². The second-order valence-electron chi connectivity index (χ2n) is 4.19. The Morgan fingerprint density at radius 1 is 1.50 bits per heavy atom. The molecule has 1 aromatic carbocycles. The third kappa shape index (κ3) is 5.16. The Bertz CT molecular complexity index is 409. The third-order valence-electron chi connectivity index (χ3n) is 2.57. The Morgan fingerprint density at radius 2 is 2.22 bits per heavy atom. The van der Waals surface area contributed by atoms with E-state index in [-0.39, 0.29) is 6.54 Å². The van der Waals surface area contributed by atoms with Crippen LogP contribution in [0.3, 0.4) is 0 Å². The van der Waals surface area contributed by atoms with E-state index in [9.17, 15) is 4.79 Å². The molecule has 0 saturated carbocycles. The number of halogens is 1. The Morgan fingerprint density at radius 3 is 2.78 bits per heavy atom. The number of hydrogen-bond donors (Lipinski definition) is 1. The lowest BCUT2D eigenvalue weighted by Crippen LogP contribution is -2.32. The Kier molecular flexibility index (Phi) is 6.32. The Labute approximate surface area is 116 Å². The lowest BCUT2D eigenvalue weighted by molar-refractivity contribution is -0.138. The molecule has 100 valence electrons. The van der Waals surface area contributed by atoms with E-state index in [1.807, 2.05) is 30.0 Å². The molecule has 0 spiro atoms. The normalized spacial score (nSPS) is 10.9. The van der Waals surface area contributed by atoms with Crippen LogP contribution in [0.1, 0.15) is 11.1 Å². The average molecular weight is 316 g/mol. The summed E-state index contributed by atoms with van der Waals surface area (Å²) in [6, 6.07) is 6.07. The molecular formula is C13H18BrNO3. The highest BCUT2D eigenvalue weighted by atomic mass is 79.9. The highest BCUT2D eigenvalue weighted by Crippen LogP contribution is 2.19. The Hall–Kier alpha value is -0.910. The minimum atomic E-state index is -0.825. The molecule has 0 amide bonds. The topological polar surface area (TPSA) is 49.8 Å². The number of carboxylic acids is 1. The van der Waals surface area contributed by atoms with Gasteiger partial charge in [0, 0.05) is 24.7 Å². The molecule has 0 aromatic heterocycles. The van der Waals surface area contributed by atoms with Crippen LogP contribution in [0.25, 0.3) is 0 Å². The summed E-state index contributed by atoms with van der Waals surface area (Å²) in [7, 11) is 1.61. The molecule has 0 heterocycles. The van der Waals surface area contributed by atoms with E-state index in [1.54, 1.807) is 7.11 Å². The van der Waals surface area contributed by atoms with Crippen LogP contribution < -0.4 is 0 Å². The van der Waals surface area contributed by atoms with Crippen LogP contribution in [0.4, 0.5) is 0 Å². The highest BCUT2D eigenvalue weighted by molar-refractivity contribution is 9.10. The monoisotopic (exact) mass is 315 g/mol. The van der Waals surface area contributed by atoms with Crippen molar-refractivity contribution in [2.75, 3.05) is 26.8 Å². The predicted molar refractivity (Wildman–Crippen MR) is 73.7 cm³/mol. The molecule has 4 nitrogen and oxygen atoms in total. The molecule has 18 heavy (non-hydrogen) atoms. The van der Waals surface area contributed by atoms with Crippen LogP contribution in [0.5, 0.6) is 0 Å². The summed E-state index contributed by atoms with van der Waals surface area (Å²) in [5.41, 5.74) is 2.25. The minimum Gasteiger partial charge on any atom is -0.480 e. The lowest BCUT2D eigenvalue weighted by Gasteiger charge is -2.20. The van der Waals surface area contributed by atoms with E-state index < -0.39 is 5.97 Å². The van der Waals surface area contributed by atoms with Crippen molar-refractivity contribution in [3.63, 3.8) is 0 Å². The smallest absolute Gasteiger partial charge is 0.317 e.